The van der Waals surface area contributed by atoms with Crippen molar-refractivity contribution in [2.24, 2.45) is 5.92 Å². The van der Waals surface area contributed by atoms with Crippen LogP contribution in [-0.2, 0) is 9.53 Å². The van der Waals surface area contributed by atoms with Gasteiger partial charge in [0.2, 0.25) is 0 Å². The summed E-state index contributed by atoms with van der Waals surface area (Å²) >= 11 is 0. The first-order valence-corrected chi connectivity index (χ1v) is 7.72. The lowest BCUT2D eigenvalue weighted by molar-refractivity contribution is -0.142. The molecule has 7 nitrogen and oxygen atoms in total. The van der Waals surface area contributed by atoms with Gasteiger partial charge in [-0.1, -0.05) is 6.92 Å². The molecule has 2 fully saturated rings. The molecule has 2 amide bonds. The van der Waals surface area contributed by atoms with E-state index in [2.05, 4.69) is 10.6 Å². The lowest BCUT2D eigenvalue weighted by atomic mass is 10.0. The third-order valence-corrected chi connectivity index (χ3v) is 4.18. The van der Waals surface area contributed by atoms with E-state index in [9.17, 15) is 9.59 Å². The Morgan fingerprint density at radius 2 is 2.05 bits per heavy atom. The van der Waals surface area contributed by atoms with Gasteiger partial charge in [0.1, 0.15) is 5.92 Å². The fourth-order valence-electron chi connectivity index (χ4n) is 2.99. The van der Waals surface area contributed by atoms with Gasteiger partial charge in [0.25, 0.3) is 0 Å². The van der Waals surface area contributed by atoms with Gasteiger partial charge in [-0.05, 0) is 32.4 Å². The van der Waals surface area contributed by atoms with Crippen LogP contribution in [0, 0.1) is 5.92 Å². The van der Waals surface area contributed by atoms with Gasteiger partial charge in [0.05, 0.1) is 19.3 Å². The van der Waals surface area contributed by atoms with E-state index in [0.29, 0.717) is 6.54 Å². The molecule has 2 aliphatic rings. The van der Waals surface area contributed by atoms with Crippen molar-refractivity contribution >= 4 is 12.0 Å². The largest absolute Gasteiger partial charge is 0.481 e. The Labute approximate surface area is 125 Å². The maximum absolute atomic E-state index is 12.5. The number of carboxylic acid groups (broad SMARTS) is 1. The van der Waals surface area contributed by atoms with Crippen molar-refractivity contribution in [1.82, 2.24) is 15.5 Å². The van der Waals surface area contributed by atoms with Crippen LogP contribution in [0.15, 0.2) is 0 Å². The number of amides is 2. The van der Waals surface area contributed by atoms with E-state index in [1.807, 2.05) is 11.8 Å². The van der Waals surface area contributed by atoms with Crippen LogP contribution >= 0.6 is 0 Å². The van der Waals surface area contributed by atoms with Crippen LogP contribution in [0.2, 0.25) is 0 Å². The zero-order chi connectivity index (χ0) is 15.2. The minimum atomic E-state index is -0.915. The zero-order valence-electron chi connectivity index (χ0n) is 12.5. The van der Waals surface area contributed by atoms with Gasteiger partial charge in [-0.3, -0.25) is 4.79 Å². The molecule has 0 saturated carbocycles. The molecular weight excluding hydrogens is 274 g/mol. The van der Waals surface area contributed by atoms with Crippen molar-refractivity contribution in [2.45, 2.75) is 38.3 Å². The van der Waals surface area contributed by atoms with E-state index < -0.39 is 17.9 Å². The van der Waals surface area contributed by atoms with Crippen molar-refractivity contribution in [2.75, 3.05) is 32.8 Å². The van der Waals surface area contributed by atoms with Gasteiger partial charge in [-0.15, -0.1) is 0 Å². The summed E-state index contributed by atoms with van der Waals surface area (Å²) in [6.45, 7) is 5.02. The quantitative estimate of drug-likeness (QED) is 0.677. The van der Waals surface area contributed by atoms with E-state index in [4.69, 9.17) is 9.84 Å². The molecule has 2 atom stereocenters. The highest BCUT2D eigenvalue weighted by atomic mass is 16.5. The molecule has 0 aliphatic carbocycles. The van der Waals surface area contributed by atoms with E-state index >= 15 is 0 Å². The van der Waals surface area contributed by atoms with E-state index in [1.54, 1.807) is 0 Å². The summed E-state index contributed by atoms with van der Waals surface area (Å²) in [5.74, 6) is -1.56. The van der Waals surface area contributed by atoms with E-state index in [-0.39, 0.29) is 25.3 Å². The number of piperidine rings is 1. The van der Waals surface area contributed by atoms with Crippen LogP contribution in [0.5, 0.6) is 0 Å². The fourth-order valence-corrected chi connectivity index (χ4v) is 2.99. The number of rotatable bonds is 5. The monoisotopic (exact) mass is 299 g/mol. The Hall–Kier alpha value is -1.34. The third-order valence-electron chi connectivity index (χ3n) is 4.18. The summed E-state index contributed by atoms with van der Waals surface area (Å²) in [4.78, 5) is 25.5. The average Bonchev–Trinajstić information content (AvgIpc) is 2.94. The Morgan fingerprint density at radius 3 is 2.67 bits per heavy atom. The SMILES string of the molecule is CCCN(C(=O)NC1COCC1C(=O)O)C1CCNCC1. The topological polar surface area (TPSA) is 90.9 Å². The van der Waals surface area contributed by atoms with Gasteiger partial charge in [0.15, 0.2) is 0 Å². The lowest BCUT2D eigenvalue weighted by Gasteiger charge is -2.35. The molecule has 2 heterocycles. The molecule has 2 unspecified atom stereocenters. The van der Waals surface area contributed by atoms with Crippen molar-refractivity contribution in [3.63, 3.8) is 0 Å². The zero-order valence-corrected chi connectivity index (χ0v) is 12.5. The van der Waals surface area contributed by atoms with Crippen LogP contribution < -0.4 is 10.6 Å². The second-order valence-corrected chi connectivity index (χ2v) is 5.71. The van der Waals surface area contributed by atoms with Gasteiger partial charge in [-0.2, -0.15) is 0 Å². The number of aliphatic carboxylic acids is 1. The summed E-state index contributed by atoms with van der Waals surface area (Å²) in [5.41, 5.74) is 0. The number of hydrogen-bond acceptors (Lipinski definition) is 4. The molecule has 3 N–H and O–H groups in total. The van der Waals surface area contributed by atoms with Crippen LogP contribution in [0.4, 0.5) is 4.79 Å². The molecule has 7 heteroatoms. The molecule has 0 aromatic rings. The smallest absolute Gasteiger partial charge is 0.317 e. The maximum atomic E-state index is 12.5. The number of urea groups is 1. The average molecular weight is 299 g/mol. The third kappa shape index (κ3) is 4.07. The van der Waals surface area contributed by atoms with Crippen LogP contribution in [-0.4, -0.2) is 66.9 Å². The molecule has 0 aromatic heterocycles. The van der Waals surface area contributed by atoms with E-state index in [1.165, 1.54) is 0 Å². The molecule has 2 aliphatic heterocycles. The molecule has 120 valence electrons. The first-order chi connectivity index (χ1) is 10.1. The number of nitrogens with one attached hydrogen (secondary N) is 2. The Balaban J connectivity index is 1.96. The van der Waals surface area contributed by atoms with Crippen LogP contribution in [0.1, 0.15) is 26.2 Å². The number of hydrogen-bond donors (Lipinski definition) is 3. The number of nitrogens with zero attached hydrogens (tertiary/aromatic N) is 1. The Morgan fingerprint density at radius 1 is 1.33 bits per heavy atom. The standard InChI is InChI=1S/C14H25N3O4/c1-2-7-17(10-3-5-15-6-4-10)14(20)16-12-9-21-8-11(12)13(18)19/h10-12,15H,2-9H2,1H3,(H,16,20)(H,18,19). The Bertz CT molecular complexity index is 371. The summed E-state index contributed by atoms with van der Waals surface area (Å²) in [7, 11) is 0. The van der Waals surface area contributed by atoms with Crippen molar-refractivity contribution in [3.05, 3.63) is 0 Å². The highest BCUT2D eigenvalue weighted by Gasteiger charge is 2.36. The van der Waals surface area contributed by atoms with Gasteiger partial charge >= 0.3 is 12.0 Å². The summed E-state index contributed by atoms with van der Waals surface area (Å²) in [6.07, 6.45) is 2.77. The molecule has 21 heavy (non-hydrogen) atoms. The van der Waals surface area contributed by atoms with Gasteiger partial charge < -0.3 is 25.4 Å². The fraction of sp³-hybridized carbons (Fsp3) is 0.857. The van der Waals surface area contributed by atoms with Crippen LogP contribution in [0.25, 0.3) is 0 Å². The second-order valence-electron chi connectivity index (χ2n) is 5.71. The minimum absolute atomic E-state index is 0.162. The molecule has 0 bridgehead atoms. The highest BCUT2D eigenvalue weighted by Crippen LogP contribution is 2.17. The molecule has 0 spiro atoms. The summed E-state index contributed by atoms with van der Waals surface area (Å²) in [5, 5.41) is 15.3. The number of carbonyl (C=O) groups is 2. The van der Waals surface area contributed by atoms with Crippen LogP contribution in [0.3, 0.4) is 0 Å². The van der Waals surface area contributed by atoms with Crippen molar-refractivity contribution in [1.29, 1.82) is 0 Å². The predicted molar refractivity (Wildman–Crippen MR) is 77.2 cm³/mol. The van der Waals surface area contributed by atoms with Gasteiger partial charge in [0, 0.05) is 12.6 Å². The first kappa shape index (κ1) is 16.0. The maximum Gasteiger partial charge on any atom is 0.317 e. The van der Waals surface area contributed by atoms with Gasteiger partial charge in [-0.25, -0.2) is 4.79 Å². The second kappa shape index (κ2) is 7.61. The molecular formula is C14H25N3O4. The summed E-state index contributed by atoms with van der Waals surface area (Å²) in [6, 6.07) is -0.363. The number of carbonyl (C=O) groups excluding carboxylic acids is 1. The number of carboxylic acids is 1. The molecule has 2 rings (SSSR count). The van der Waals surface area contributed by atoms with Crippen molar-refractivity contribution in [3.8, 4) is 0 Å². The van der Waals surface area contributed by atoms with E-state index in [0.717, 1.165) is 32.4 Å². The predicted octanol–water partition coefficient (Wildman–Crippen LogP) is 0.260. The van der Waals surface area contributed by atoms with Crippen molar-refractivity contribution < 1.29 is 19.4 Å². The minimum Gasteiger partial charge on any atom is -0.481 e. The molecule has 0 radical (unpaired) electrons. The highest BCUT2D eigenvalue weighted by molar-refractivity contribution is 5.77. The lowest BCUT2D eigenvalue weighted by Crippen LogP contribution is -2.54. The normalized spacial score (nSPS) is 26.5. The molecule has 0 aromatic carbocycles. The number of ether oxygens (including phenoxy) is 1. The molecule has 2 saturated heterocycles. The summed E-state index contributed by atoms with van der Waals surface area (Å²) < 4.78 is 5.19. The first-order valence-electron chi connectivity index (χ1n) is 7.72. The Kier molecular flexibility index (Phi) is 5.81.